The number of hydrogen-bond donors (Lipinski definition) is 1. The first-order chi connectivity index (χ1) is 11.3. The van der Waals surface area contributed by atoms with Crippen LogP contribution < -0.4 is 0 Å². The predicted octanol–water partition coefficient (Wildman–Crippen LogP) is 4.06. The van der Waals surface area contributed by atoms with Crippen molar-refractivity contribution in [2.24, 2.45) is 23.2 Å². The van der Waals surface area contributed by atoms with Crippen LogP contribution in [0.1, 0.15) is 59.8 Å². The van der Waals surface area contributed by atoms with Gasteiger partial charge >= 0.3 is 0 Å². The lowest BCUT2D eigenvalue weighted by Gasteiger charge is -2.39. The van der Waals surface area contributed by atoms with E-state index in [2.05, 4.69) is 27.7 Å². The van der Waals surface area contributed by atoms with E-state index in [1.807, 2.05) is 0 Å². The zero-order valence-corrected chi connectivity index (χ0v) is 15.8. The van der Waals surface area contributed by atoms with Crippen molar-refractivity contribution in [3.63, 3.8) is 0 Å². The third-order valence-corrected chi connectivity index (χ3v) is 6.70. The first-order valence-corrected chi connectivity index (χ1v) is 9.43. The molecule has 134 valence electrons. The van der Waals surface area contributed by atoms with Gasteiger partial charge in [-0.2, -0.15) is 0 Å². The summed E-state index contributed by atoms with van der Waals surface area (Å²) in [5.74, 6) is 1.23. The highest BCUT2D eigenvalue weighted by Crippen LogP contribution is 2.55. The number of aliphatic hydroxyl groups excluding tert-OH is 1. The molecule has 0 saturated heterocycles. The first kappa shape index (κ1) is 17.9. The topological polar surface area (TPSA) is 46.5 Å². The van der Waals surface area contributed by atoms with Gasteiger partial charge in [-0.15, -0.1) is 0 Å². The fourth-order valence-corrected chi connectivity index (χ4v) is 5.43. The van der Waals surface area contributed by atoms with Gasteiger partial charge in [0.2, 0.25) is 0 Å². The zero-order valence-electron chi connectivity index (χ0n) is 15.8. The molecule has 0 unspecified atom stereocenters. The smallest absolute Gasteiger partial charge is 0.159 e. The molecule has 0 aromatic rings. The molecule has 0 heterocycles. The van der Waals surface area contributed by atoms with E-state index >= 15 is 0 Å². The van der Waals surface area contributed by atoms with Crippen LogP contribution in [0.4, 0.5) is 0 Å². The average Bonchev–Trinajstić information content (AvgIpc) is 2.97. The molecule has 3 aliphatic rings. The Labute approximate surface area is 146 Å². The Morgan fingerprint density at radius 1 is 1.33 bits per heavy atom. The summed E-state index contributed by atoms with van der Waals surface area (Å²) in [6.45, 7) is 9.32. The molecule has 0 aromatic heterocycles. The number of ketones is 1. The normalized spacial score (nSPS) is 37.0. The standard InChI is InChI=1S/C21H32O3/c1-12(2)20-17-8-18(22)13(3)15-7-6-14(11-24-5)16(15)9-21(17,4)10-19(20)23/h12-13,15,18,22H,6-11H2,1-5H3/t13-,15+,18+,21+/m1/s1. The van der Waals surface area contributed by atoms with E-state index in [-0.39, 0.29) is 23.4 Å². The van der Waals surface area contributed by atoms with Crippen LogP contribution in [0.25, 0.3) is 0 Å². The van der Waals surface area contributed by atoms with Gasteiger partial charge in [0, 0.05) is 18.9 Å². The number of carbonyl (C=O) groups is 1. The molecule has 24 heavy (non-hydrogen) atoms. The number of fused-ring (bicyclic) bond motifs is 2. The van der Waals surface area contributed by atoms with Gasteiger partial charge in [0.15, 0.2) is 5.78 Å². The van der Waals surface area contributed by atoms with Crippen LogP contribution in [-0.4, -0.2) is 30.7 Å². The molecule has 0 spiro atoms. The van der Waals surface area contributed by atoms with Crippen molar-refractivity contribution in [1.82, 2.24) is 0 Å². The number of Topliss-reactive ketones (excluding diaryl/α,β-unsaturated/α-hetero) is 1. The SMILES string of the molecule is COCC1=C2C[C@@]3(C)CC(=O)C(C(C)C)=C3C[C@H](O)[C@H](C)[C@@H]2CC1. The first-order valence-electron chi connectivity index (χ1n) is 9.43. The summed E-state index contributed by atoms with van der Waals surface area (Å²) in [6, 6.07) is 0. The largest absolute Gasteiger partial charge is 0.392 e. The molecule has 1 N–H and O–H groups in total. The lowest BCUT2D eigenvalue weighted by molar-refractivity contribution is -0.116. The van der Waals surface area contributed by atoms with Crippen LogP contribution in [0.3, 0.4) is 0 Å². The van der Waals surface area contributed by atoms with Crippen molar-refractivity contribution >= 4 is 5.78 Å². The summed E-state index contributed by atoms with van der Waals surface area (Å²) in [6.07, 6.45) is 4.07. The number of ether oxygens (including phenoxy) is 1. The number of hydrogen-bond acceptors (Lipinski definition) is 3. The maximum absolute atomic E-state index is 12.7. The van der Waals surface area contributed by atoms with Crippen molar-refractivity contribution in [3.8, 4) is 0 Å². The van der Waals surface area contributed by atoms with Crippen molar-refractivity contribution in [2.75, 3.05) is 13.7 Å². The second-order valence-electron chi connectivity index (χ2n) is 8.72. The molecule has 3 rings (SSSR count). The Hall–Kier alpha value is -0.930. The van der Waals surface area contributed by atoms with Crippen LogP contribution in [0.15, 0.2) is 22.3 Å². The van der Waals surface area contributed by atoms with E-state index < -0.39 is 0 Å². The molecular weight excluding hydrogens is 300 g/mol. The quantitative estimate of drug-likeness (QED) is 0.793. The van der Waals surface area contributed by atoms with Gasteiger partial charge < -0.3 is 9.84 Å². The fraction of sp³-hybridized carbons (Fsp3) is 0.762. The molecule has 0 amide bonds. The summed E-state index contributed by atoms with van der Waals surface area (Å²) < 4.78 is 5.43. The highest BCUT2D eigenvalue weighted by Gasteiger charge is 2.48. The van der Waals surface area contributed by atoms with Crippen LogP contribution in [0.5, 0.6) is 0 Å². The Bertz CT molecular complexity index is 598. The third-order valence-electron chi connectivity index (χ3n) is 6.70. The number of rotatable bonds is 3. The minimum atomic E-state index is -0.360. The molecule has 4 atom stereocenters. The fourth-order valence-electron chi connectivity index (χ4n) is 5.43. The minimum absolute atomic E-state index is 0.116. The number of allylic oxidation sites excluding steroid dienone is 2. The van der Waals surface area contributed by atoms with Crippen LogP contribution >= 0.6 is 0 Å². The van der Waals surface area contributed by atoms with Gasteiger partial charge in [0.05, 0.1) is 12.7 Å². The monoisotopic (exact) mass is 332 g/mol. The Kier molecular flexibility index (Phi) is 4.78. The summed E-state index contributed by atoms with van der Waals surface area (Å²) in [5, 5.41) is 10.9. The van der Waals surface area contributed by atoms with E-state index in [0.29, 0.717) is 31.1 Å². The minimum Gasteiger partial charge on any atom is -0.392 e. The average molecular weight is 332 g/mol. The molecule has 1 saturated carbocycles. The third kappa shape index (κ3) is 2.80. The van der Waals surface area contributed by atoms with E-state index in [1.54, 1.807) is 7.11 Å². The van der Waals surface area contributed by atoms with E-state index in [0.717, 1.165) is 24.8 Å². The van der Waals surface area contributed by atoms with Crippen molar-refractivity contribution in [2.45, 2.75) is 65.9 Å². The van der Waals surface area contributed by atoms with Crippen LogP contribution in [0, 0.1) is 23.2 Å². The van der Waals surface area contributed by atoms with Gasteiger partial charge in [0.1, 0.15) is 0 Å². The maximum atomic E-state index is 12.7. The summed E-state index contributed by atoms with van der Waals surface area (Å²) in [5.41, 5.74) is 5.00. The van der Waals surface area contributed by atoms with Crippen molar-refractivity contribution < 1.29 is 14.6 Å². The predicted molar refractivity (Wildman–Crippen MR) is 95.6 cm³/mol. The van der Waals surface area contributed by atoms with Crippen LogP contribution in [0.2, 0.25) is 0 Å². The molecule has 0 aromatic carbocycles. The molecule has 3 nitrogen and oxygen atoms in total. The van der Waals surface area contributed by atoms with Gasteiger partial charge in [-0.1, -0.05) is 38.8 Å². The van der Waals surface area contributed by atoms with E-state index in [4.69, 9.17) is 4.74 Å². The second-order valence-corrected chi connectivity index (χ2v) is 8.72. The Morgan fingerprint density at radius 3 is 2.67 bits per heavy atom. The zero-order chi connectivity index (χ0) is 17.6. The summed E-state index contributed by atoms with van der Waals surface area (Å²) in [7, 11) is 1.76. The molecular formula is C21H32O3. The van der Waals surface area contributed by atoms with E-state index in [9.17, 15) is 9.90 Å². The Balaban J connectivity index is 2.09. The lowest BCUT2D eigenvalue weighted by Crippen LogP contribution is -2.33. The summed E-state index contributed by atoms with van der Waals surface area (Å²) >= 11 is 0. The van der Waals surface area contributed by atoms with Gasteiger partial charge in [-0.3, -0.25) is 4.79 Å². The van der Waals surface area contributed by atoms with Gasteiger partial charge in [-0.05, 0) is 54.6 Å². The van der Waals surface area contributed by atoms with Gasteiger partial charge in [0.25, 0.3) is 0 Å². The lowest BCUT2D eigenvalue weighted by atomic mass is 9.67. The number of carbonyl (C=O) groups excluding carboxylic acids is 1. The molecule has 3 heteroatoms. The van der Waals surface area contributed by atoms with Gasteiger partial charge in [-0.25, -0.2) is 0 Å². The number of aliphatic hydroxyl groups is 1. The summed E-state index contributed by atoms with van der Waals surface area (Å²) in [4.78, 5) is 12.7. The molecule has 3 aliphatic carbocycles. The maximum Gasteiger partial charge on any atom is 0.159 e. The highest BCUT2D eigenvalue weighted by molar-refractivity contribution is 6.00. The van der Waals surface area contributed by atoms with Crippen molar-refractivity contribution in [3.05, 3.63) is 22.3 Å². The molecule has 0 radical (unpaired) electrons. The molecule has 0 bridgehead atoms. The Morgan fingerprint density at radius 2 is 2.04 bits per heavy atom. The van der Waals surface area contributed by atoms with Crippen molar-refractivity contribution in [1.29, 1.82) is 0 Å². The van der Waals surface area contributed by atoms with E-state index in [1.165, 1.54) is 16.7 Å². The molecule has 1 fully saturated rings. The number of methoxy groups -OCH3 is 1. The van der Waals surface area contributed by atoms with Crippen LogP contribution in [-0.2, 0) is 9.53 Å². The molecule has 0 aliphatic heterocycles. The second kappa shape index (κ2) is 6.42. The highest BCUT2D eigenvalue weighted by atomic mass is 16.5.